The summed E-state index contributed by atoms with van der Waals surface area (Å²) in [6.45, 7) is 7.08. The minimum absolute atomic E-state index is 0.727. The van der Waals surface area contributed by atoms with E-state index in [1.807, 2.05) is 24.4 Å². The van der Waals surface area contributed by atoms with Gasteiger partial charge in [0.1, 0.15) is 5.65 Å². The van der Waals surface area contributed by atoms with Gasteiger partial charge in [0.15, 0.2) is 0 Å². The standard InChI is InChI=1S/C22H22ClN5/c1-16-21(28-9-3-2-4-22(28)25-16)15-26-10-12-27(13-11-26)20-7-8-24-19-14-17(23)5-6-18(19)20/h2-9,14H,10-13,15H2,1H3. The fourth-order valence-electron chi connectivity index (χ4n) is 4.10. The molecule has 1 aliphatic heterocycles. The predicted molar refractivity (Wildman–Crippen MR) is 114 cm³/mol. The van der Waals surface area contributed by atoms with E-state index in [0.717, 1.165) is 60.0 Å². The van der Waals surface area contributed by atoms with Crippen molar-refractivity contribution in [1.29, 1.82) is 0 Å². The Morgan fingerprint density at radius 1 is 1.04 bits per heavy atom. The van der Waals surface area contributed by atoms with Crippen LogP contribution < -0.4 is 4.90 Å². The number of hydrogen-bond acceptors (Lipinski definition) is 4. The molecule has 0 amide bonds. The van der Waals surface area contributed by atoms with Crippen LogP contribution in [0, 0.1) is 6.92 Å². The zero-order valence-electron chi connectivity index (χ0n) is 15.8. The van der Waals surface area contributed by atoms with Gasteiger partial charge in [-0.25, -0.2) is 4.98 Å². The van der Waals surface area contributed by atoms with Gasteiger partial charge < -0.3 is 9.30 Å². The van der Waals surface area contributed by atoms with Crippen LogP contribution in [0.15, 0.2) is 54.9 Å². The molecule has 6 heteroatoms. The summed E-state index contributed by atoms with van der Waals surface area (Å²) in [4.78, 5) is 14.1. The highest BCUT2D eigenvalue weighted by molar-refractivity contribution is 6.31. The summed E-state index contributed by atoms with van der Waals surface area (Å²) in [5.74, 6) is 0. The topological polar surface area (TPSA) is 36.7 Å². The van der Waals surface area contributed by atoms with E-state index in [1.54, 1.807) is 0 Å². The molecule has 4 heterocycles. The number of hydrogen-bond donors (Lipinski definition) is 0. The van der Waals surface area contributed by atoms with Crippen molar-refractivity contribution in [3.63, 3.8) is 0 Å². The van der Waals surface area contributed by atoms with Gasteiger partial charge in [0.25, 0.3) is 0 Å². The molecule has 0 saturated carbocycles. The summed E-state index contributed by atoms with van der Waals surface area (Å²) in [6, 6.07) is 14.2. The molecule has 0 unspecified atom stereocenters. The van der Waals surface area contributed by atoms with Crippen molar-refractivity contribution in [2.24, 2.45) is 0 Å². The molecule has 5 nitrogen and oxygen atoms in total. The second-order valence-corrected chi connectivity index (χ2v) is 7.76. The van der Waals surface area contributed by atoms with Crippen LogP contribution in [0.3, 0.4) is 0 Å². The van der Waals surface area contributed by atoms with Crippen LogP contribution in [-0.2, 0) is 6.54 Å². The molecule has 142 valence electrons. The highest BCUT2D eigenvalue weighted by Crippen LogP contribution is 2.28. The predicted octanol–water partition coefficient (Wildman–Crippen LogP) is 4.17. The SMILES string of the molecule is Cc1nc2ccccn2c1CN1CCN(c2ccnc3cc(Cl)ccc23)CC1. The first kappa shape index (κ1) is 17.5. The molecular formula is C22H22ClN5. The Morgan fingerprint density at radius 2 is 1.89 bits per heavy atom. The Bertz CT molecular complexity index is 1140. The van der Waals surface area contributed by atoms with Gasteiger partial charge in [-0.15, -0.1) is 0 Å². The Hall–Kier alpha value is -2.63. The van der Waals surface area contributed by atoms with E-state index in [1.165, 1.54) is 11.4 Å². The maximum absolute atomic E-state index is 6.13. The number of benzene rings is 1. The first-order valence-corrected chi connectivity index (χ1v) is 10.0. The number of anilines is 1. The van der Waals surface area contributed by atoms with Crippen LogP contribution in [0.25, 0.3) is 16.6 Å². The number of nitrogens with zero attached hydrogens (tertiary/aromatic N) is 5. The Balaban J connectivity index is 1.34. The quantitative estimate of drug-likeness (QED) is 0.525. The normalized spacial score (nSPS) is 15.6. The minimum Gasteiger partial charge on any atom is -0.368 e. The fraction of sp³-hybridized carbons (Fsp3) is 0.273. The number of aryl methyl sites for hydroxylation is 1. The zero-order chi connectivity index (χ0) is 19.1. The van der Waals surface area contributed by atoms with Crippen LogP contribution in [-0.4, -0.2) is 45.4 Å². The second kappa shape index (κ2) is 7.08. The third-order valence-corrected chi connectivity index (χ3v) is 5.83. The molecule has 0 aliphatic carbocycles. The molecule has 1 saturated heterocycles. The average Bonchev–Trinajstić information content (AvgIpc) is 3.03. The minimum atomic E-state index is 0.727. The van der Waals surface area contributed by atoms with E-state index >= 15 is 0 Å². The molecule has 1 aliphatic rings. The van der Waals surface area contributed by atoms with Gasteiger partial charge in [0.05, 0.1) is 16.9 Å². The summed E-state index contributed by atoms with van der Waals surface area (Å²) in [7, 11) is 0. The number of piperazine rings is 1. The van der Waals surface area contributed by atoms with Crippen LogP contribution in [0.1, 0.15) is 11.4 Å². The van der Waals surface area contributed by atoms with Crippen LogP contribution in [0.2, 0.25) is 5.02 Å². The smallest absolute Gasteiger partial charge is 0.137 e. The highest BCUT2D eigenvalue weighted by atomic mass is 35.5. The third kappa shape index (κ3) is 3.11. The maximum Gasteiger partial charge on any atom is 0.137 e. The number of halogens is 1. The summed E-state index contributed by atoms with van der Waals surface area (Å²) < 4.78 is 2.21. The molecule has 28 heavy (non-hydrogen) atoms. The summed E-state index contributed by atoms with van der Waals surface area (Å²) in [6.07, 6.45) is 3.98. The average molecular weight is 392 g/mol. The first-order valence-electron chi connectivity index (χ1n) is 9.63. The Labute approximate surface area is 169 Å². The van der Waals surface area contributed by atoms with Gasteiger partial charge in [-0.3, -0.25) is 9.88 Å². The number of imidazole rings is 1. The molecule has 0 spiro atoms. The van der Waals surface area contributed by atoms with Gasteiger partial charge in [-0.2, -0.15) is 0 Å². The molecule has 1 aromatic carbocycles. The lowest BCUT2D eigenvalue weighted by Crippen LogP contribution is -2.46. The molecule has 0 bridgehead atoms. The molecule has 3 aromatic heterocycles. The first-order chi connectivity index (χ1) is 13.7. The van der Waals surface area contributed by atoms with E-state index in [-0.39, 0.29) is 0 Å². The molecule has 5 rings (SSSR count). The number of aromatic nitrogens is 3. The molecule has 0 atom stereocenters. The largest absolute Gasteiger partial charge is 0.368 e. The van der Waals surface area contributed by atoms with Gasteiger partial charge in [0.2, 0.25) is 0 Å². The van der Waals surface area contributed by atoms with Crippen molar-refractivity contribution in [3.8, 4) is 0 Å². The fourth-order valence-corrected chi connectivity index (χ4v) is 4.26. The highest BCUT2D eigenvalue weighted by Gasteiger charge is 2.21. The zero-order valence-corrected chi connectivity index (χ0v) is 16.6. The molecular weight excluding hydrogens is 370 g/mol. The number of fused-ring (bicyclic) bond motifs is 2. The maximum atomic E-state index is 6.13. The molecule has 0 N–H and O–H groups in total. The van der Waals surface area contributed by atoms with Gasteiger partial charge >= 0.3 is 0 Å². The summed E-state index contributed by atoms with van der Waals surface area (Å²) >= 11 is 6.13. The van der Waals surface area contributed by atoms with Crippen molar-refractivity contribution < 1.29 is 0 Å². The summed E-state index contributed by atoms with van der Waals surface area (Å²) in [5, 5.41) is 1.89. The van der Waals surface area contributed by atoms with E-state index in [2.05, 4.69) is 56.6 Å². The lowest BCUT2D eigenvalue weighted by molar-refractivity contribution is 0.246. The second-order valence-electron chi connectivity index (χ2n) is 7.33. The van der Waals surface area contributed by atoms with Crippen molar-refractivity contribution in [1.82, 2.24) is 19.3 Å². The number of rotatable bonds is 3. The monoisotopic (exact) mass is 391 g/mol. The van der Waals surface area contributed by atoms with Gasteiger partial charge in [0, 0.05) is 61.2 Å². The van der Waals surface area contributed by atoms with Crippen LogP contribution >= 0.6 is 11.6 Å². The molecule has 0 radical (unpaired) electrons. The van der Waals surface area contributed by atoms with E-state index in [4.69, 9.17) is 16.6 Å². The van der Waals surface area contributed by atoms with E-state index in [0.29, 0.717) is 0 Å². The van der Waals surface area contributed by atoms with Gasteiger partial charge in [-0.1, -0.05) is 17.7 Å². The van der Waals surface area contributed by atoms with Crippen LogP contribution in [0.4, 0.5) is 5.69 Å². The van der Waals surface area contributed by atoms with Crippen molar-refractivity contribution in [2.45, 2.75) is 13.5 Å². The summed E-state index contributed by atoms with van der Waals surface area (Å²) in [5.41, 5.74) is 5.62. The van der Waals surface area contributed by atoms with E-state index < -0.39 is 0 Å². The Kier molecular flexibility index (Phi) is 4.41. The van der Waals surface area contributed by atoms with E-state index in [9.17, 15) is 0 Å². The van der Waals surface area contributed by atoms with Gasteiger partial charge in [-0.05, 0) is 43.3 Å². The lowest BCUT2D eigenvalue weighted by atomic mass is 10.1. The molecule has 4 aromatic rings. The van der Waals surface area contributed by atoms with Crippen molar-refractivity contribution in [3.05, 3.63) is 71.3 Å². The van der Waals surface area contributed by atoms with Crippen molar-refractivity contribution >= 4 is 33.8 Å². The van der Waals surface area contributed by atoms with Crippen molar-refractivity contribution in [2.75, 3.05) is 31.1 Å². The van der Waals surface area contributed by atoms with Crippen LogP contribution in [0.5, 0.6) is 0 Å². The Morgan fingerprint density at radius 3 is 2.75 bits per heavy atom. The molecule has 1 fully saturated rings. The lowest BCUT2D eigenvalue weighted by Gasteiger charge is -2.36. The number of pyridine rings is 2. The third-order valence-electron chi connectivity index (χ3n) is 5.60.